The number of amides is 1. The number of hydrogen-bond acceptors (Lipinski definition) is 2. The van der Waals surface area contributed by atoms with E-state index in [4.69, 9.17) is 0 Å². The molecule has 0 spiro atoms. The number of hydrogen-bond donors (Lipinski definition) is 0. The molecule has 1 aromatic carbocycles. The number of carbonyl (C=O) groups excluding carboxylic acids is 1. The topological polar surface area (TPSA) is 23.6 Å². The Labute approximate surface area is 136 Å². The largest absolute Gasteiger partial charge is 0.342 e. The first-order valence-corrected chi connectivity index (χ1v) is 8.56. The maximum Gasteiger partial charge on any atom is 0.227 e. The predicted octanol–water partition coefficient (Wildman–Crippen LogP) is 2.84. The fourth-order valence-corrected chi connectivity index (χ4v) is 3.74. The lowest BCUT2D eigenvalue weighted by molar-refractivity contribution is -0.132. The zero-order chi connectivity index (χ0) is 16.2. The fourth-order valence-electron chi connectivity index (χ4n) is 3.74. The van der Waals surface area contributed by atoms with Crippen molar-refractivity contribution in [3.05, 3.63) is 35.4 Å². The van der Waals surface area contributed by atoms with Gasteiger partial charge < -0.3 is 9.80 Å². The van der Waals surface area contributed by atoms with Gasteiger partial charge in [-0.2, -0.15) is 0 Å². The first-order valence-electron chi connectivity index (χ1n) is 8.56. The Balaban J connectivity index is 1.58. The van der Waals surface area contributed by atoms with Crippen molar-refractivity contribution in [3.63, 3.8) is 0 Å². The summed E-state index contributed by atoms with van der Waals surface area (Å²) in [4.78, 5) is 16.7. The summed E-state index contributed by atoms with van der Waals surface area (Å²) in [6.07, 6.45) is 4.46. The lowest BCUT2D eigenvalue weighted by atomic mass is 9.96. The second-order valence-corrected chi connectivity index (χ2v) is 6.73. The second-order valence-electron chi connectivity index (χ2n) is 6.73. The van der Waals surface area contributed by atoms with Gasteiger partial charge in [0.15, 0.2) is 0 Å². The highest BCUT2D eigenvalue weighted by Gasteiger charge is 2.27. The van der Waals surface area contributed by atoms with Crippen LogP contribution in [0.1, 0.15) is 31.2 Å². The van der Waals surface area contributed by atoms with Gasteiger partial charge in [0.25, 0.3) is 0 Å². The first kappa shape index (κ1) is 16.4. The van der Waals surface area contributed by atoms with E-state index >= 15 is 0 Å². The third-order valence-corrected chi connectivity index (χ3v) is 4.98. The van der Waals surface area contributed by atoms with Crippen LogP contribution in [0, 0.1) is 17.6 Å². The monoisotopic (exact) mass is 322 g/mol. The molecule has 2 saturated heterocycles. The molecule has 1 aromatic rings. The predicted molar refractivity (Wildman–Crippen MR) is 85.0 cm³/mol. The van der Waals surface area contributed by atoms with Crippen molar-refractivity contribution in [1.29, 1.82) is 0 Å². The van der Waals surface area contributed by atoms with Crippen LogP contribution < -0.4 is 0 Å². The molecule has 3 nitrogen and oxygen atoms in total. The van der Waals surface area contributed by atoms with Gasteiger partial charge in [0.1, 0.15) is 11.6 Å². The summed E-state index contributed by atoms with van der Waals surface area (Å²) >= 11 is 0. The van der Waals surface area contributed by atoms with Crippen LogP contribution >= 0.6 is 0 Å². The number of carbonyl (C=O) groups is 1. The van der Waals surface area contributed by atoms with Crippen LogP contribution in [0.2, 0.25) is 0 Å². The molecule has 2 aliphatic heterocycles. The molecule has 23 heavy (non-hydrogen) atoms. The van der Waals surface area contributed by atoms with Crippen LogP contribution in [0.3, 0.4) is 0 Å². The Morgan fingerprint density at radius 1 is 1.09 bits per heavy atom. The number of rotatable bonds is 4. The summed E-state index contributed by atoms with van der Waals surface area (Å²) in [5.41, 5.74) is -0.112. The molecule has 0 N–H and O–H groups in total. The van der Waals surface area contributed by atoms with Gasteiger partial charge in [-0.05, 0) is 56.8 Å². The van der Waals surface area contributed by atoms with Crippen LogP contribution in [-0.4, -0.2) is 48.4 Å². The molecule has 0 saturated carbocycles. The van der Waals surface area contributed by atoms with Gasteiger partial charge in [-0.1, -0.05) is 6.07 Å². The standard InChI is InChI=1S/C18H24F2N2O/c19-16-6-3-7-17(20)15(16)11-18(23)22-10-4-5-14(13-22)12-21-8-1-2-9-21/h3,6-7,14H,1-2,4-5,8-13H2. The molecule has 0 bridgehead atoms. The number of nitrogens with zero attached hydrogens (tertiary/aromatic N) is 2. The van der Waals surface area contributed by atoms with Gasteiger partial charge in [-0.3, -0.25) is 4.79 Å². The van der Waals surface area contributed by atoms with Crippen LogP contribution in [0.5, 0.6) is 0 Å². The van der Waals surface area contributed by atoms with Crippen LogP contribution in [0.4, 0.5) is 8.78 Å². The third kappa shape index (κ3) is 4.08. The Morgan fingerprint density at radius 2 is 1.78 bits per heavy atom. The maximum atomic E-state index is 13.7. The Morgan fingerprint density at radius 3 is 2.48 bits per heavy atom. The number of benzene rings is 1. The van der Waals surface area contributed by atoms with Gasteiger partial charge >= 0.3 is 0 Å². The van der Waals surface area contributed by atoms with Crippen molar-refractivity contribution < 1.29 is 13.6 Å². The third-order valence-electron chi connectivity index (χ3n) is 4.98. The molecule has 2 fully saturated rings. The van der Waals surface area contributed by atoms with Crippen LogP contribution in [0.15, 0.2) is 18.2 Å². The average molecular weight is 322 g/mol. The number of halogens is 2. The van der Waals surface area contributed by atoms with E-state index in [-0.39, 0.29) is 17.9 Å². The SMILES string of the molecule is O=C(Cc1c(F)cccc1F)N1CCCC(CN2CCCC2)C1. The van der Waals surface area contributed by atoms with Crippen molar-refractivity contribution >= 4 is 5.91 Å². The summed E-state index contributed by atoms with van der Waals surface area (Å²) < 4.78 is 27.4. The number of piperidine rings is 1. The van der Waals surface area contributed by atoms with E-state index in [0.717, 1.165) is 32.5 Å². The molecule has 1 amide bonds. The molecule has 0 radical (unpaired) electrons. The molecular weight excluding hydrogens is 298 g/mol. The minimum atomic E-state index is -0.635. The van der Waals surface area contributed by atoms with E-state index < -0.39 is 11.6 Å². The Hall–Kier alpha value is -1.49. The maximum absolute atomic E-state index is 13.7. The summed E-state index contributed by atoms with van der Waals surface area (Å²) in [5, 5.41) is 0. The second kappa shape index (κ2) is 7.39. The van der Waals surface area contributed by atoms with E-state index in [1.54, 1.807) is 4.90 Å². The lowest BCUT2D eigenvalue weighted by Crippen LogP contribution is -2.44. The van der Waals surface area contributed by atoms with E-state index in [1.807, 2.05) is 0 Å². The minimum Gasteiger partial charge on any atom is -0.342 e. The van der Waals surface area contributed by atoms with E-state index in [0.29, 0.717) is 19.0 Å². The smallest absolute Gasteiger partial charge is 0.227 e. The number of likely N-dealkylation sites (tertiary alicyclic amines) is 2. The molecule has 1 atom stereocenters. The van der Waals surface area contributed by atoms with Gasteiger partial charge in [0.05, 0.1) is 6.42 Å². The molecule has 0 aliphatic carbocycles. The minimum absolute atomic E-state index is 0.112. The van der Waals surface area contributed by atoms with Crippen LogP contribution in [0.25, 0.3) is 0 Å². The normalized spacial score (nSPS) is 22.5. The zero-order valence-electron chi connectivity index (χ0n) is 13.4. The molecule has 5 heteroatoms. The summed E-state index contributed by atoms with van der Waals surface area (Å²) in [6, 6.07) is 3.74. The van der Waals surface area contributed by atoms with Crippen molar-refractivity contribution in [2.45, 2.75) is 32.1 Å². The highest BCUT2D eigenvalue weighted by Crippen LogP contribution is 2.21. The van der Waals surface area contributed by atoms with Gasteiger partial charge in [0, 0.05) is 25.2 Å². The lowest BCUT2D eigenvalue weighted by Gasteiger charge is -2.34. The van der Waals surface area contributed by atoms with Crippen LogP contribution in [-0.2, 0) is 11.2 Å². The van der Waals surface area contributed by atoms with Crippen molar-refractivity contribution in [2.75, 3.05) is 32.7 Å². The average Bonchev–Trinajstić information content (AvgIpc) is 3.04. The quantitative estimate of drug-likeness (QED) is 0.851. The van der Waals surface area contributed by atoms with E-state index in [2.05, 4.69) is 4.90 Å². The Bertz CT molecular complexity index is 538. The van der Waals surface area contributed by atoms with Gasteiger partial charge in [0.2, 0.25) is 5.91 Å². The summed E-state index contributed by atoms with van der Waals surface area (Å²) in [6.45, 7) is 4.77. The van der Waals surface area contributed by atoms with Gasteiger partial charge in [-0.15, -0.1) is 0 Å². The van der Waals surface area contributed by atoms with E-state index in [1.165, 1.54) is 31.0 Å². The van der Waals surface area contributed by atoms with E-state index in [9.17, 15) is 13.6 Å². The molecule has 0 aromatic heterocycles. The zero-order valence-corrected chi connectivity index (χ0v) is 13.4. The van der Waals surface area contributed by atoms with Gasteiger partial charge in [-0.25, -0.2) is 8.78 Å². The van der Waals surface area contributed by atoms with Crippen molar-refractivity contribution in [2.24, 2.45) is 5.92 Å². The van der Waals surface area contributed by atoms with Crippen molar-refractivity contribution in [1.82, 2.24) is 9.80 Å². The first-order chi connectivity index (χ1) is 11.1. The highest BCUT2D eigenvalue weighted by molar-refractivity contribution is 5.79. The molecule has 3 rings (SSSR count). The molecule has 2 heterocycles. The molecule has 2 aliphatic rings. The summed E-state index contributed by atoms with van der Waals surface area (Å²) in [7, 11) is 0. The molecule has 1 unspecified atom stereocenters. The Kier molecular flexibility index (Phi) is 5.26. The highest BCUT2D eigenvalue weighted by atomic mass is 19.1. The molecule has 126 valence electrons. The fraction of sp³-hybridized carbons (Fsp3) is 0.611. The molecular formula is C18H24F2N2O. The summed E-state index contributed by atoms with van der Waals surface area (Å²) in [5.74, 6) is -0.954. The van der Waals surface area contributed by atoms with Crippen molar-refractivity contribution in [3.8, 4) is 0 Å².